The summed E-state index contributed by atoms with van der Waals surface area (Å²) < 4.78 is 13.4. The van der Waals surface area contributed by atoms with Gasteiger partial charge < -0.3 is 0 Å². The molecule has 0 unspecified atom stereocenters. The van der Waals surface area contributed by atoms with Crippen molar-refractivity contribution in [1.82, 2.24) is 15.0 Å². The molecule has 1 amide bonds. The highest BCUT2D eigenvalue weighted by Crippen LogP contribution is 2.39. The predicted molar refractivity (Wildman–Crippen MR) is 73.0 cm³/mol. The van der Waals surface area contributed by atoms with Gasteiger partial charge in [-0.25, -0.2) is 9.40 Å². The second-order valence-electron chi connectivity index (χ2n) is 6.33. The van der Waals surface area contributed by atoms with E-state index in [1.54, 1.807) is 6.20 Å². The molecule has 0 aliphatic carbocycles. The molecule has 3 rings (SSSR count). The monoisotopic (exact) mass is 277 g/mol. The molecule has 2 aliphatic heterocycles. The van der Waals surface area contributed by atoms with Gasteiger partial charge in [0.1, 0.15) is 5.82 Å². The van der Waals surface area contributed by atoms with Gasteiger partial charge in [0.05, 0.1) is 12.2 Å². The third-order valence-electron chi connectivity index (χ3n) is 4.38. The van der Waals surface area contributed by atoms with Crippen molar-refractivity contribution in [2.75, 3.05) is 13.1 Å². The third-order valence-corrected chi connectivity index (χ3v) is 4.38. The van der Waals surface area contributed by atoms with Crippen molar-refractivity contribution in [2.24, 2.45) is 5.41 Å². The maximum Gasteiger partial charge on any atom is 0.243 e. The van der Waals surface area contributed by atoms with E-state index in [-0.39, 0.29) is 23.2 Å². The Morgan fingerprint density at radius 3 is 2.90 bits per heavy atom. The number of nitrogens with zero attached hydrogens (tertiary/aromatic N) is 3. The van der Waals surface area contributed by atoms with Crippen LogP contribution < -0.4 is 0 Å². The zero-order valence-electron chi connectivity index (χ0n) is 12.0. The highest BCUT2D eigenvalue weighted by molar-refractivity contribution is 5.82. The van der Waals surface area contributed by atoms with Gasteiger partial charge >= 0.3 is 0 Å². The van der Waals surface area contributed by atoms with Crippen LogP contribution in [0.5, 0.6) is 0 Å². The fourth-order valence-electron chi connectivity index (χ4n) is 3.23. The summed E-state index contributed by atoms with van der Waals surface area (Å²) in [5, 5.41) is 3.97. The number of aromatic nitrogens is 1. The fourth-order valence-corrected chi connectivity index (χ4v) is 3.23. The smallest absolute Gasteiger partial charge is 0.243 e. The van der Waals surface area contributed by atoms with E-state index >= 15 is 0 Å². The van der Waals surface area contributed by atoms with Crippen molar-refractivity contribution in [2.45, 2.75) is 39.2 Å². The lowest BCUT2D eigenvalue weighted by molar-refractivity contribution is -0.154. The number of carbonyl (C=O) groups is 1. The summed E-state index contributed by atoms with van der Waals surface area (Å²) in [5.74, 6) is -0.204. The SMILES string of the molecule is CC1(C)CCCN2CC[C@@H](c3cncc(F)c3)N2C1=O. The number of fused-ring (bicyclic) bond motifs is 1. The molecule has 1 aromatic heterocycles. The van der Waals surface area contributed by atoms with Crippen LogP contribution in [-0.2, 0) is 4.79 Å². The Hall–Kier alpha value is -1.49. The van der Waals surface area contributed by atoms with Gasteiger partial charge in [-0.2, -0.15) is 0 Å². The Morgan fingerprint density at radius 1 is 1.35 bits per heavy atom. The Balaban J connectivity index is 1.96. The highest BCUT2D eigenvalue weighted by Gasteiger charge is 2.44. The standard InChI is InChI=1S/C15H20FN3O/c1-15(2)5-3-6-18-7-4-13(19(18)14(15)20)11-8-12(16)10-17-9-11/h8-10,13H,3-7H2,1-2H3/t13-/m0/s1. The molecular weight excluding hydrogens is 257 g/mol. The molecule has 0 aromatic carbocycles. The van der Waals surface area contributed by atoms with Crippen LogP contribution in [0.15, 0.2) is 18.5 Å². The van der Waals surface area contributed by atoms with Gasteiger partial charge in [-0.15, -0.1) is 0 Å². The van der Waals surface area contributed by atoms with Gasteiger partial charge in [0.2, 0.25) is 5.91 Å². The van der Waals surface area contributed by atoms with Crippen LogP contribution in [0.1, 0.15) is 44.7 Å². The third kappa shape index (κ3) is 2.20. The zero-order valence-corrected chi connectivity index (χ0v) is 12.0. The van der Waals surface area contributed by atoms with Gasteiger partial charge in [0.15, 0.2) is 0 Å². The minimum atomic E-state index is -0.349. The number of pyridine rings is 1. The van der Waals surface area contributed by atoms with Gasteiger partial charge in [-0.1, -0.05) is 13.8 Å². The number of hydrogen-bond donors (Lipinski definition) is 0. The molecule has 5 heteroatoms. The van der Waals surface area contributed by atoms with Crippen LogP contribution in [-0.4, -0.2) is 34.0 Å². The summed E-state index contributed by atoms with van der Waals surface area (Å²) >= 11 is 0. The molecule has 0 N–H and O–H groups in total. The van der Waals surface area contributed by atoms with Crippen LogP contribution in [0.2, 0.25) is 0 Å². The van der Waals surface area contributed by atoms with E-state index in [2.05, 4.69) is 9.99 Å². The van der Waals surface area contributed by atoms with Crippen LogP contribution in [0.25, 0.3) is 0 Å². The van der Waals surface area contributed by atoms with E-state index in [0.717, 1.165) is 37.9 Å². The molecule has 0 saturated carbocycles. The van der Waals surface area contributed by atoms with E-state index in [0.29, 0.717) is 0 Å². The average Bonchev–Trinajstić information content (AvgIpc) is 2.77. The van der Waals surface area contributed by atoms with Crippen molar-refractivity contribution in [1.29, 1.82) is 0 Å². The Kier molecular flexibility index (Phi) is 3.24. The highest BCUT2D eigenvalue weighted by atomic mass is 19.1. The normalized spacial score (nSPS) is 26.4. The lowest BCUT2D eigenvalue weighted by Gasteiger charge is -2.34. The number of hydrazine groups is 1. The summed E-state index contributed by atoms with van der Waals surface area (Å²) in [4.78, 5) is 16.7. The Morgan fingerprint density at radius 2 is 2.15 bits per heavy atom. The molecule has 2 saturated heterocycles. The first-order chi connectivity index (χ1) is 9.49. The number of rotatable bonds is 1. The van der Waals surface area contributed by atoms with Gasteiger partial charge in [0, 0.05) is 24.7 Å². The molecule has 0 spiro atoms. The van der Waals surface area contributed by atoms with Gasteiger partial charge in [0.25, 0.3) is 0 Å². The van der Waals surface area contributed by atoms with Crippen molar-refractivity contribution >= 4 is 5.91 Å². The van der Waals surface area contributed by atoms with Gasteiger partial charge in [-0.05, 0) is 30.9 Å². The van der Waals surface area contributed by atoms with Crippen molar-refractivity contribution in [3.8, 4) is 0 Å². The number of carbonyl (C=O) groups excluding carboxylic acids is 1. The first-order valence-corrected chi connectivity index (χ1v) is 7.18. The van der Waals surface area contributed by atoms with Crippen molar-refractivity contribution in [3.05, 3.63) is 29.8 Å². The summed E-state index contributed by atoms with van der Waals surface area (Å²) in [5.41, 5.74) is 0.441. The molecule has 1 atom stereocenters. The fraction of sp³-hybridized carbons (Fsp3) is 0.600. The first kappa shape index (κ1) is 13.5. The molecule has 2 aliphatic rings. The topological polar surface area (TPSA) is 36.4 Å². The number of amides is 1. The van der Waals surface area contributed by atoms with Crippen molar-refractivity contribution < 1.29 is 9.18 Å². The average molecular weight is 277 g/mol. The minimum absolute atomic E-state index is 0.0805. The molecule has 2 fully saturated rings. The maximum absolute atomic E-state index is 13.4. The summed E-state index contributed by atoms with van der Waals surface area (Å²) in [6.07, 6.45) is 5.62. The molecule has 108 valence electrons. The van der Waals surface area contributed by atoms with E-state index in [4.69, 9.17) is 0 Å². The Bertz CT molecular complexity index is 532. The first-order valence-electron chi connectivity index (χ1n) is 7.18. The van der Waals surface area contributed by atoms with E-state index in [9.17, 15) is 9.18 Å². The quantitative estimate of drug-likeness (QED) is 0.791. The van der Waals surface area contributed by atoms with E-state index in [1.807, 2.05) is 18.9 Å². The molecular formula is C15H20FN3O. The van der Waals surface area contributed by atoms with Crippen LogP contribution >= 0.6 is 0 Å². The van der Waals surface area contributed by atoms with Crippen LogP contribution in [0, 0.1) is 11.2 Å². The molecule has 0 radical (unpaired) electrons. The van der Waals surface area contributed by atoms with Gasteiger partial charge in [-0.3, -0.25) is 14.8 Å². The lowest BCUT2D eigenvalue weighted by Crippen LogP contribution is -2.46. The van der Waals surface area contributed by atoms with E-state index < -0.39 is 0 Å². The molecule has 3 heterocycles. The second-order valence-corrected chi connectivity index (χ2v) is 6.33. The predicted octanol–water partition coefficient (Wildman–Crippen LogP) is 2.53. The van der Waals surface area contributed by atoms with Crippen molar-refractivity contribution in [3.63, 3.8) is 0 Å². The number of hydrogen-bond acceptors (Lipinski definition) is 3. The summed E-state index contributed by atoms with van der Waals surface area (Å²) in [7, 11) is 0. The summed E-state index contributed by atoms with van der Waals surface area (Å²) in [6, 6.07) is 1.41. The molecule has 0 bridgehead atoms. The molecule has 20 heavy (non-hydrogen) atoms. The van der Waals surface area contributed by atoms with E-state index in [1.165, 1.54) is 12.3 Å². The largest absolute Gasteiger partial charge is 0.273 e. The minimum Gasteiger partial charge on any atom is -0.273 e. The van der Waals surface area contributed by atoms with Crippen LogP contribution in [0.3, 0.4) is 0 Å². The molecule has 1 aromatic rings. The van der Waals surface area contributed by atoms with Crippen LogP contribution in [0.4, 0.5) is 4.39 Å². The maximum atomic E-state index is 13.4. The lowest BCUT2D eigenvalue weighted by atomic mass is 9.86. The molecule has 4 nitrogen and oxygen atoms in total. The Labute approximate surface area is 118 Å². The summed E-state index contributed by atoms with van der Waals surface area (Å²) in [6.45, 7) is 5.74. The zero-order chi connectivity index (χ0) is 14.3. The number of halogens is 1. The second kappa shape index (κ2) is 4.81.